The van der Waals surface area contributed by atoms with Crippen molar-refractivity contribution in [3.63, 3.8) is 0 Å². The van der Waals surface area contributed by atoms with E-state index in [4.69, 9.17) is 6.42 Å². The molecule has 0 nitrogen and oxygen atoms in total. The lowest BCUT2D eigenvalue weighted by molar-refractivity contribution is 0.235. The number of hydrogen-bond donors (Lipinski definition) is 0. The van der Waals surface area contributed by atoms with Crippen molar-refractivity contribution in [2.75, 3.05) is 0 Å². The van der Waals surface area contributed by atoms with E-state index in [9.17, 15) is 0 Å². The van der Waals surface area contributed by atoms with E-state index in [0.29, 0.717) is 5.92 Å². The minimum absolute atomic E-state index is 0.162. The molecule has 0 aromatic heterocycles. The molecule has 0 spiro atoms. The van der Waals surface area contributed by atoms with E-state index in [1.807, 2.05) is 0 Å². The first kappa shape index (κ1) is 18.8. The largest absolute Gasteiger partial charge is 0.120 e. The molecular formula is C26H32. The van der Waals surface area contributed by atoms with Gasteiger partial charge in [-0.05, 0) is 75.9 Å². The van der Waals surface area contributed by atoms with Crippen molar-refractivity contribution in [2.45, 2.75) is 65.2 Å². The summed E-state index contributed by atoms with van der Waals surface area (Å²) in [6.45, 7) is 4.43. The van der Waals surface area contributed by atoms with Crippen LogP contribution in [-0.2, 0) is 0 Å². The fourth-order valence-electron chi connectivity index (χ4n) is 4.63. The Morgan fingerprint density at radius 2 is 1.65 bits per heavy atom. The van der Waals surface area contributed by atoms with E-state index in [-0.39, 0.29) is 5.41 Å². The molecule has 3 rings (SSSR count). The molecule has 0 N–H and O–H groups in total. The predicted octanol–water partition coefficient (Wildman–Crippen LogP) is 7.24. The van der Waals surface area contributed by atoms with E-state index in [1.54, 1.807) is 0 Å². The van der Waals surface area contributed by atoms with Crippen LogP contribution in [0.5, 0.6) is 0 Å². The Morgan fingerprint density at radius 3 is 2.38 bits per heavy atom. The minimum atomic E-state index is 0.162. The second kappa shape index (κ2) is 8.59. The lowest BCUT2D eigenvalue weighted by atomic mass is 9.61. The van der Waals surface area contributed by atoms with Crippen molar-refractivity contribution in [3.05, 3.63) is 70.9 Å². The second-order valence-corrected chi connectivity index (χ2v) is 8.16. The summed E-state index contributed by atoms with van der Waals surface area (Å²) in [5, 5.41) is 0. The summed E-state index contributed by atoms with van der Waals surface area (Å²) >= 11 is 0. The summed E-state index contributed by atoms with van der Waals surface area (Å²) in [5.41, 5.74) is 6.04. The first-order valence-corrected chi connectivity index (χ1v) is 10.2. The molecule has 0 unspecified atom stereocenters. The third-order valence-corrected chi connectivity index (χ3v) is 6.32. The van der Waals surface area contributed by atoms with Crippen molar-refractivity contribution < 1.29 is 0 Å². The van der Waals surface area contributed by atoms with E-state index >= 15 is 0 Å². The monoisotopic (exact) mass is 344 g/mol. The van der Waals surface area contributed by atoms with Gasteiger partial charge in [0.1, 0.15) is 0 Å². The smallest absolute Gasteiger partial charge is 0.0197 e. The SMILES string of the molecule is C#CCC1CCC(C2=CCC=C(C)C=C2)(C2=C/C/C=C(/C)C/C=C\2)CC1. The molecule has 0 heteroatoms. The highest BCUT2D eigenvalue weighted by Crippen LogP contribution is 2.52. The number of hydrogen-bond acceptors (Lipinski definition) is 0. The molecule has 0 atom stereocenters. The summed E-state index contributed by atoms with van der Waals surface area (Å²) in [5.74, 6) is 3.59. The first-order chi connectivity index (χ1) is 12.6. The quantitative estimate of drug-likeness (QED) is 0.374. The summed E-state index contributed by atoms with van der Waals surface area (Å²) in [7, 11) is 0. The number of rotatable bonds is 3. The molecule has 0 heterocycles. The van der Waals surface area contributed by atoms with Crippen LogP contribution in [0.25, 0.3) is 0 Å². The van der Waals surface area contributed by atoms with Gasteiger partial charge in [0, 0.05) is 11.8 Å². The number of allylic oxidation sites excluding steroid dienone is 12. The highest BCUT2D eigenvalue weighted by molar-refractivity contribution is 5.46. The van der Waals surface area contributed by atoms with E-state index in [2.05, 4.69) is 68.4 Å². The van der Waals surface area contributed by atoms with Gasteiger partial charge in [-0.1, -0.05) is 59.8 Å². The van der Waals surface area contributed by atoms with Crippen molar-refractivity contribution in [1.82, 2.24) is 0 Å². The van der Waals surface area contributed by atoms with Crippen LogP contribution in [0.1, 0.15) is 65.2 Å². The van der Waals surface area contributed by atoms with Crippen molar-refractivity contribution in [1.29, 1.82) is 0 Å². The Balaban J connectivity index is 1.95. The van der Waals surface area contributed by atoms with E-state index in [0.717, 1.165) is 25.7 Å². The molecule has 0 aromatic rings. The maximum atomic E-state index is 5.59. The van der Waals surface area contributed by atoms with Crippen LogP contribution in [0.2, 0.25) is 0 Å². The average Bonchev–Trinajstić information content (AvgIpc) is 2.84. The second-order valence-electron chi connectivity index (χ2n) is 8.16. The van der Waals surface area contributed by atoms with Gasteiger partial charge < -0.3 is 0 Å². The molecule has 0 amide bonds. The molecule has 0 saturated heterocycles. The van der Waals surface area contributed by atoms with Gasteiger partial charge in [0.15, 0.2) is 0 Å². The first-order valence-electron chi connectivity index (χ1n) is 10.2. The van der Waals surface area contributed by atoms with Gasteiger partial charge in [0.25, 0.3) is 0 Å². The molecule has 0 aromatic carbocycles. The molecule has 26 heavy (non-hydrogen) atoms. The van der Waals surface area contributed by atoms with Crippen LogP contribution in [0.15, 0.2) is 70.9 Å². The molecular weight excluding hydrogens is 312 g/mol. The molecule has 1 saturated carbocycles. The maximum Gasteiger partial charge on any atom is 0.0197 e. The van der Waals surface area contributed by atoms with Gasteiger partial charge in [0.2, 0.25) is 0 Å². The summed E-state index contributed by atoms with van der Waals surface area (Å²) < 4.78 is 0. The van der Waals surface area contributed by atoms with Crippen molar-refractivity contribution in [3.8, 4) is 12.3 Å². The molecule has 0 bridgehead atoms. The summed E-state index contributed by atoms with van der Waals surface area (Å²) in [4.78, 5) is 0. The van der Waals surface area contributed by atoms with Crippen LogP contribution < -0.4 is 0 Å². The van der Waals surface area contributed by atoms with Gasteiger partial charge in [-0.2, -0.15) is 0 Å². The van der Waals surface area contributed by atoms with Crippen molar-refractivity contribution >= 4 is 0 Å². The number of terminal acetylenes is 1. The van der Waals surface area contributed by atoms with Crippen LogP contribution in [0, 0.1) is 23.7 Å². The van der Waals surface area contributed by atoms with E-state index < -0.39 is 0 Å². The van der Waals surface area contributed by atoms with Crippen molar-refractivity contribution in [2.24, 2.45) is 11.3 Å². The third-order valence-electron chi connectivity index (χ3n) is 6.32. The van der Waals surface area contributed by atoms with Crippen LogP contribution >= 0.6 is 0 Å². The normalized spacial score (nSPS) is 34.6. The topological polar surface area (TPSA) is 0 Å². The fourth-order valence-corrected chi connectivity index (χ4v) is 4.63. The van der Waals surface area contributed by atoms with Gasteiger partial charge in [-0.3, -0.25) is 0 Å². The lowest BCUT2D eigenvalue weighted by Crippen LogP contribution is -2.31. The standard InChI is InChI=1S/C26H32/c1-4-8-23-17-19-26(20-18-23,25-14-7-11-22(3)15-16-25)24-12-5-9-21(2)10-6-13-24/h1,5,10-16,23H,6-9,17-20H2,2-3H3/b12-5-,21-10-,24-13+. The zero-order chi connectivity index (χ0) is 18.4. The van der Waals surface area contributed by atoms with E-state index in [1.165, 1.54) is 48.0 Å². The highest BCUT2D eigenvalue weighted by atomic mass is 14.4. The van der Waals surface area contributed by atoms with Gasteiger partial charge >= 0.3 is 0 Å². The van der Waals surface area contributed by atoms with Gasteiger partial charge in [0.05, 0.1) is 0 Å². The molecule has 136 valence electrons. The summed E-state index contributed by atoms with van der Waals surface area (Å²) in [6.07, 6.45) is 33.7. The minimum Gasteiger partial charge on any atom is -0.120 e. The zero-order valence-electron chi connectivity index (χ0n) is 16.4. The Morgan fingerprint density at radius 1 is 0.962 bits per heavy atom. The Kier molecular flexibility index (Phi) is 6.20. The fraction of sp³-hybridized carbons (Fsp3) is 0.462. The highest BCUT2D eigenvalue weighted by Gasteiger charge is 2.39. The Hall–Kier alpha value is -2.00. The molecule has 1 fully saturated rings. The third kappa shape index (κ3) is 4.21. The lowest BCUT2D eigenvalue weighted by Gasteiger charge is -2.43. The molecule has 0 radical (unpaired) electrons. The molecule has 3 aliphatic rings. The summed E-state index contributed by atoms with van der Waals surface area (Å²) in [6, 6.07) is 0. The Bertz CT molecular complexity index is 731. The average molecular weight is 345 g/mol. The van der Waals surface area contributed by atoms with Crippen LogP contribution in [0.4, 0.5) is 0 Å². The molecule has 0 aliphatic heterocycles. The molecule has 3 aliphatic carbocycles. The van der Waals surface area contributed by atoms with Crippen LogP contribution in [-0.4, -0.2) is 0 Å². The Labute approximate surface area is 160 Å². The maximum absolute atomic E-state index is 5.59. The van der Waals surface area contributed by atoms with Crippen LogP contribution in [0.3, 0.4) is 0 Å². The van der Waals surface area contributed by atoms with Gasteiger partial charge in [-0.15, -0.1) is 12.3 Å². The van der Waals surface area contributed by atoms with Gasteiger partial charge in [-0.25, -0.2) is 0 Å². The predicted molar refractivity (Wildman–Crippen MR) is 114 cm³/mol. The zero-order valence-corrected chi connectivity index (χ0v) is 16.4.